The van der Waals surface area contributed by atoms with E-state index in [1.54, 1.807) is 0 Å². The van der Waals surface area contributed by atoms with Gasteiger partial charge in [-0.3, -0.25) is 4.79 Å². The maximum Gasteiger partial charge on any atom is 0.303 e. The lowest BCUT2D eigenvalue weighted by atomic mass is 10.2. The Morgan fingerprint density at radius 3 is 1.64 bits per heavy atom. The lowest BCUT2D eigenvalue weighted by Crippen LogP contribution is -1.92. The van der Waals surface area contributed by atoms with Crippen LogP contribution < -0.4 is 0 Å². The van der Waals surface area contributed by atoms with E-state index < -0.39 is 5.97 Å². The van der Waals surface area contributed by atoms with Gasteiger partial charge in [-0.1, -0.05) is 68.4 Å². The summed E-state index contributed by atoms with van der Waals surface area (Å²) in [4.78, 5) is 10.3. The lowest BCUT2D eigenvalue weighted by Gasteiger charge is -1.90. The van der Waals surface area contributed by atoms with Crippen LogP contribution in [-0.4, -0.2) is 11.1 Å². The molecule has 1 N–H and O–H groups in total. The minimum atomic E-state index is -0.712. The fourth-order valence-electron chi connectivity index (χ4n) is 1.93. The molecule has 0 amide bonds. The van der Waals surface area contributed by atoms with E-state index >= 15 is 0 Å². The number of allylic oxidation sites excluding steroid dienone is 8. The second kappa shape index (κ2) is 17.5. The summed E-state index contributed by atoms with van der Waals surface area (Å²) >= 11 is 0. The summed E-state index contributed by atoms with van der Waals surface area (Å²) < 4.78 is 0. The highest BCUT2D eigenvalue weighted by atomic mass is 16.4. The van der Waals surface area contributed by atoms with E-state index in [1.165, 1.54) is 25.7 Å². The molecule has 2 heteroatoms. The monoisotopic (exact) mass is 304 g/mol. The van der Waals surface area contributed by atoms with Gasteiger partial charge >= 0.3 is 5.97 Å². The van der Waals surface area contributed by atoms with Crippen molar-refractivity contribution in [3.05, 3.63) is 48.6 Å². The predicted molar refractivity (Wildman–Crippen MR) is 96.0 cm³/mol. The van der Waals surface area contributed by atoms with Gasteiger partial charge in [-0.15, -0.1) is 0 Å². The highest BCUT2D eigenvalue weighted by molar-refractivity contribution is 5.66. The SMILES string of the molecule is CCCCCC=CC/C=C\C/C=C\C/C=C\CCCC(=O)O. The second-order valence-electron chi connectivity index (χ2n) is 5.37. The molecule has 0 aromatic rings. The first kappa shape index (κ1) is 20.4. The summed E-state index contributed by atoms with van der Waals surface area (Å²) in [5.41, 5.74) is 0. The molecule has 0 bridgehead atoms. The molecule has 0 saturated heterocycles. The summed E-state index contributed by atoms with van der Waals surface area (Å²) in [7, 11) is 0. The topological polar surface area (TPSA) is 37.3 Å². The zero-order valence-corrected chi connectivity index (χ0v) is 14.0. The van der Waals surface area contributed by atoms with E-state index in [4.69, 9.17) is 5.11 Å². The molecular weight excluding hydrogens is 272 g/mol. The Hall–Kier alpha value is -1.57. The van der Waals surface area contributed by atoms with Crippen molar-refractivity contribution in [3.63, 3.8) is 0 Å². The average molecular weight is 304 g/mol. The number of carboxylic acid groups (broad SMARTS) is 1. The molecule has 124 valence electrons. The molecule has 0 aliphatic rings. The minimum absolute atomic E-state index is 0.262. The maximum atomic E-state index is 10.3. The van der Waals surface area contributed by atoms with Crippen molar-refractivity contribution in [1.29, 1.82) is 0 Å². The normalized spacial score (nSPS) is 12.4. The van der Waals surface area contributed by atoms with E-state index in [0.717, 1.165) is 32.1 Å². The summed E-state index contributed by atoms with van der Waals surface area (Å²) in [6.45, 7) is 2.23. The first-order valence-electron chi connectivity index (χ1n) is 8.59. The van der Waals surface area contributed by atoms with Crippen molar-refractivity contribution in [2.75, 3.05) is 0 Å². The molecule has 0 rings (SSSR count). The summed E-state index contributed by atoms with van der Waals surface area (Å²) in [6, 6.07) is 0. The van der Waals surface area contributed by atoms with Crippen LogP contribution >= 0.6 is 0 Å². The van der Waals surface area contributed by atoms with Crippen molar-refractivity contribution < 1.29 is 9.90 Å². The molecule has 0 atom stereocenters. The number of rotatable bonds is 14. The Bertz CT molecular complexity index is 362. The summed E-state index contributed by atoms with van der Waals surface area (Å²) in [5, 5.41) is 8.49. The van der Waals surface area contributed by atoms with Gasteiger partial charge in [-0.25, -0.2) is 0 Å². The zero-order valence-electron chi connectivity index (χ0n) is 14.0. The average Bonchev–Trinajstić information content (AvgIpc) is 2.50. The van der Waals surface area contributed by atoms with Gasteiger partial charge in [0.15, 0.2) is 0 Å². The van der Waals surface area contributed by atoms with Crippen molar-refractivity contribution in [1.82, 2.24) is 0 Å². The van der Waals surface area contributed by atoms with Gasteiger partial charge in [0.25, 0.3) is 0 Å². The molecule has 0 aromatic carbocycles. The van der Waals surface area contributed by atoms with Crippen LogP contribution in [-0.2, 0) is 4.79 Å². The van der Waals surface area contributed by atoms with Crippen molar-refractivity contribution >= 4 is 5.97 Å². The van der Waals surface area contributed by atoms with Crippen molar-refractivity contribution in [3.8, 4) is 0 Å². The number of hydrogen-bond acceptors (Lipinski definition) is 1. The van der Waals surface area contributed by atoms with Crippen molar-refractivity contribution in [2.24, 2.45) is 0 Å². The van der Waals surface area contributed by atoms with Gasteiger partial charge in [-0.05, 0) is 44.9 Å². The van der Waals surface area contributed by atoms with Crippen LogP contribution in [0.3, 0.4) is 0 Å². The maximum absolute atomic E-state index is 10.3. The van der Waals surface area contributed by atoms with E-state index in [9.17, 15) is 4.79 Å². The van der Waals surface area contributed by atoms with Crippen LogP contribution in [0.1, 0.15) is 71.1 Å². The quantitative estimate of drug-likeness (QED) is 0.305. The van der Waals surface area contributed by atoms with E-state index in [2.05, 4.69) is 55.5 Å². The molecule has 0 heterocycles. The first-order valence-corrected chi connectivity index (χ1v) is 8.59. The molecule has 0 spiro atoms. The van der Waals surface area contributed by atoms with Gasteiger partial charge in [0.2, 0.25) is 0 Å². The summed E-state index contributed by atoms with van der Waals surface area (Å²) in [5.74, 6) is -0.712. The molecule has 0 aromatic heterocycles. The Balaban J connectivity index is 3.40. The highest BCUT2D eigenvalue weighted by Gasteiger charge is 1.92. The Kier molecular flexibility index (Phi) is 16.2. The molecule has 2 nitrogen and oxygen atoms in total. The third-order valence-electron chi connectivity index (χ3n) is 3.22. The Morgan fingerprint density at radius 1 is 0.727 bits per heavy atom. The van der Waals surface area contributed by atoms with Gasteiger partial charge in [0, 0.05) is 6.42 Å². The molecule has 0 radical (unpaired) electrons. The van der Waals surface area contributed by atoms with E-state index in [1.807, 2.05) is 0 Å². The van der Waals surface area contributed by atoms with Crippen LogP contribution in [0.25, 0.3) is 0 Å². The molecule has 0 aliphatic carbocycles. The predicted octanol–water partition coefficient (Wildman–Crippen LogP) is 6.22. The fourth-order valence-corrected chi connectivity index (χ4v) is 1.93. The third-order valence-corrected chi connectivity index (χ3v) is 3.22. The second-order valence-corrected chi connectivity index (χ2v) is 5.37. The number of aliphatic carboxylic acids is 1. The number of carboxylic acids is 1. The lowest BCUT2D eigenvalue weighted by molar-refractivity contribution is -0.137. The zero-order chi connectivity index (χ0) is 16.3. The fraction of sp³-hybridized carbons (Fsp3) is 0.550. The molecule has 22 heavy (non-hydrogen) atoms. The largest absolute Gasteiger partial charge is 0.481 e. The van der Waals surface area contributed by atoms with E-state index in [-0.39, 0.29) is 6.42 Å². The first-order chi connectivity index (χ1) is 10.8. The smallest absolute Gasteiger partial charge is 0.303 e. The van der Waals surface area contributed by atoms with E-state index in [0.29, 0.717) is 0 Å². The molecule has 0 fully saturated rings. The van der Waals surface area contributed by atoms with Gasteiger partial charge in [0.05, 0.1) is 0 Å². The van der Waals surface area contributed by atoms with Crippen LogP contribution in [0.2, 0.25) is 0 Å². The number of carbonyl (C=O) groups is 1. The minimum Gasteiger partial charge on any atom is -0.481 e. The molecule has 0 unspecified atom stereocenters. The molecule has 0 aliphatic heterocycles. The van der Waals surface area contributed by atoms with Crippen molar-refractivity contribution in [2.45, 2.75) is 71.1 Å². The van der Waals surface area contributed by atoms with Crippen LogP contribution in [0.15, 0.2) is 48.6 Å². The number of unbranched alkanes of at least 4 members (excludes halogenated alkanes) is 4. The van der Waals surface area contributed by atoms with Gasteiger partial charge in [0.1, 0.15) is 0 Å². The Morgan fingerprint density at radius 2 is 1.18 bits per heavy atom. The van der Waals surface area contributed by atoms with Crippen LogP contribution in [0, 0.1) is 0 Å². The van der Waals surface area contributed by atoms with Crippen LogP contribution in [0.4, 0.5) is 0 Å². The Labute approximate surface area is 136 Å². The molecular formula is C20H32O2. The summed E-state index contributed by atoms with van der Waals surface area (Å²) in [6.07, 6.45) is 27.3. The number of hydrogen-bond donors (Lipinski definition) is 1. The van der Waals surface area contributed by atoms with Gasteiger partial charge in [-0.2, -0.15) is 0 Å². The molecule has 0 saturated carbocycles. The standard InChI is InChI=1S/C20H32O2/c1-2-3-4-5-6-7-8-9-10-11-12-13-14-15-16-17-18-19-20(21)22/h6-7,9-10,12-13,15-16H,2-5,8,11,14,17-19H2,1H3,(H,21,22)/b7-6?,10-9-,13-12-,16-15-. The van der Waals surface area contributed by atoms with Gasteiger partial charge < -0.3 is 5.11 Å². The highest BCUT2D eigenvalue weighted by Crippen LogP contribution is 2.01. The third kappa shape index (κ3) is 18.4. The van der Waals surface area contributed by atoms with Crippen LogP contribution in [0.5, 0.6) is 0 Å².